The second kappa shape index (κ2) is 6.63. The van der Waals surface area contributed by atoms with Crippen molar-refractivity contribution in [3.8, 4) is 5.75 Å². The molecule has 21 heavy (non-hydrogen) atoms. The van der Waals surface area contributed by atoms with Gasteiger partial charge in [-0.25, -0.2) is 0 Å². The van der Waals surface area contributed by atoms with E-state index in [2.05, 4.69) is 69.8 Å². The summed E-state index contributed by atoms with van der Waals surface area (Å²) in [5.74, 6) is 2.00. The van der Waals surface area contributed by atoms with Crippen LogP contribution in [-0.2, 0) is 0 Å². The van der Waals surface area contributed by atoms with Crippen LogP contribution in [0.3, 0.4) is 0 Å². The summed E-state index contributed by atoms with van der Waals surface area (Å²) in [4.78, 5) is 0. The number of piperidine rings is 1. The van der Waals surface area contributed by atoms with Gasteiger partial charge in [0.25, 0.3) is 0 Å². The Balaban J connectivity index is 1.90. The van der Waals surface area contributed by atoms with Crippen LogP contribution in [0.15, 0.2) is 53.0 Å². The molecule has 1 N–H and O–H groups in total. The zero-order valence-electron chi connectivity index (χ0n) is 12.2. The highest BCUT2D eigenvalue weighted by Crippen LogP contribution is 2.38. The predicted molar refractivity (Wildman–Crippen MR) is 90.1 cm³/mol. The average Bonchev–Trinajstić information content (AvgIpc) is 2.55. The van der Waals surface area contributed by atoms with Gasteiger partial charge in [0.1, 0.15) is 5.75 Å². The number of ether oxygens (including phenoxy) is 1. The normalized spacial score (nSPS) is 22.0. The molecule has 0 aliphatic carbocycles. The molecule has 0 amide bonds. The summed E-state index contributed by atoms with van der Waals surface area (Å²) in [6, 6.07) is 17.2. The van der Waals surface area contributed by atoms with Crippen molar-refractivity contribution in [3.05, 3.63) is 64.1 Å². The molecule has 1 fully saturated rings. The van der Waals surface area contributed by atoms with E-state index in [4.69, 9.17) is 4.74 Å². The number of halogens is 1. The first kappa shape index (κ1) is 14.6. The van der Waals surface area contributed by atoms with E-state index in [1.807, 2.05) is 0 Å². The Bertz CT molecular complexity index is 596. The van der Waals surface area contributed by atoms with Gasteiger partial charge in [-0.1, -0.05) is 40.2 Å². The highest BCUT2D eigenvalue weighted by molar-refractivity contribution is 9.10. The number of methoxy groups -OCH3 is 1. The predicted octanol–water partition coefficient (Wildman–Crippen LogP) is 4.32. The first-order valence-corrected chi connectivity index (χ1v) is 8.17. The Hall–Kier alpha value is -1.32. The van der Waals surface area contributed by atoms with Crippen molar-refractivity contribution in [2.24, 2.45) is 0 Å². The molecule has 110 valence electrons. The topological polar surface area (TPSA) is 21.3 Å². The lowest BCUT2D eigenvalue weighted by Crippen LogP contribution is -2.34. The fraction of sp³-hybridized carbons (Fsp3) is 0.333. The van der Waals surface area contributed by atoms with Gasteiger partial charge in [0.05, 0.1) is 7.11 Å². The molecule has 0 bridgehead atoms. The van der Waals surface area contributed by atoms with Gasteiger partial charge in [0.2, 0.25) is 0 Å². The first-order chi connectivity index (χ1) is 10.3. The van der Waals surface area contributed by atoms with E-state index in [1.165, 1.54) is 17.5 Å². The molecular weight excluding hydrogens is 326 g/mol. The molecule has 2 aromatic rings. The van der Waals surface area contributed by atoms with Crippen molar-refractivity contribution >= 4 is 15.9 Å². The minimum atomic E-state index is 0.518. The molecule has 3 heteroatoms. The molecule has 1 aliphatic heterocycles. The summed E-state index contributed by atoms with van der Waals surface area (Å²) in [6.07, 6.45) is 1.17. The van der Waals surface area contributed by atoms with Gasteiger partial charge in [0.15, 0.2) is 0 Å². The lowest BCUT2D eigenvalue weighted by Gasteiger charge is -2.33. The second-order valence-corrected chi connectivity index (χ2v) is 6.45. The fourth-order valence-corrected chi connectivity index (χ4v) is 3.61. The molecule has 1 heterocycles. The molecule has 0 spiro atoms. The molecule has 0 saturated carbocycles. The molecule has 2 nitrogen and oxygen atoms in total. The average molecular weight is 346 g/mol. The van der Waals surface area contributed by atoms with Crippen LogP contribution in [0, 0.1) is 0 Å². The lowest BCUT2D eigenvalue weighted by molar-refractivity contribution is 0.400. The maximum absolute atomic E-state index is 5.27. The number of hydrogen-bond acceptors (Lipinski definition) is 2. The molecule has 1 saturated heterocycles. The summed E-state index contributed by atoms with van der Waals surface area (Å²) < 4.78 is 6.42. The second-order valence-electron chi connectivity index (χ2n) is 5.53. The molecule has 0 radical (unpaired) electrons. The Morgan fingerprint density at radius 1 is 1.05 bits per heavy atom. The van der Waals surface area contributed by atoms with Crippen LogP contribution in [-0.4, -0.2) is 20.2 Å². The van der Waals surface area contributed by atoms with Crippen molar-refractivity contribution in [1.29, 1.82) is 0 Å². The largest absolute Gasteiger partial charge is 0.497 e. The van der Waals surface area contributed by atoms with Gasteiger partial charge in [-0.3, -0.25) is 0 Å². The summed E-state index contributed by atoms with van der Waals surface area (Å²) in [7, 11) is 1.71. The van der Waals surface area contributed by atoms with E-state index in [9.17, 15) is 0 Å². The van der Waals surface area contributed by atoms with Crippen LogP contribution < -0.4 is 10.1 Å². The van der Waals surface area contributed by atoms with Crippen molar-refractivity contribution in [2.75, 3.05) is 20.2 Å². The zero-order chi connectivity index (χ0) is 14.7. The van der Waals surface area contributed by atoms with Gasteiger partial charge in [0, 0.05) is 16.9 Å². The zero-order valence-corrected chi connectivity index (χ0v) is 13.8. The molecule has 1 aliphatic rings. The van der Waals surface area contributed by atoms with Gasteiger partial charge < -0.3 is 10.1 Å². The van der Waals surface area contributed by atoms with E-state index in [0.29, 0.717) is 11.8 Å². The fourth-order valence-electron chi connectivity index (χ4n) is 3.20. The Kier molecular flexibility index (Phi) is 4.61. The minimum Gasteiger partial charge on any atom is -0.497 e. The lowest BCUT2D eigenvalue weighted by atomic mass is 9.77. The quantitative estimate of drug-likeness (QED) is 0.894. The summed E-state index contributed by atoms with van der Waals surface area (Å²) in [5, 5.41) is 3.54. The third kappa shape index (κ3) is 3.30. The smallest absolute Gasteiger partial charge is 0.118 e. The van der Waals surface area contributed by atoms with Crippen LogP contribution in [0.5, 0.6) is 5.75 Å². The van der Waals surface area contributed by atoms with E-state index < -0.39 is 0 Å². The third-order valence-electron chi connectivity index (χ3n) is 4.30. The summed E-state index contributed by atoms with van der Waals surface area (Å²) >= 11 is 3.59. The third-order valence-corrected chi connectivity index (χ3v) is 4.80. The highest BCUT2D eigenvalue weighted by Gasteiger charge is 2.27. The van der Waals surface area contributed by atoms with Crippen LogP contribution in [0.2, 0.25) is 0 Å². The van der Waals surface area contributed by atoms with E-state index in [0.717, 1.165) is 23.3 Å². The molecule has 3 rings (SSSR count). The van der Waals surface area contributed by atoms with Crippen LogP contribution in [0.4, 0.5) is 0 Å². The van der Waals surface area contributed by atoms with E-state index >= 15 is 0 Å². The highest BCUT2D eigenvalue weighted by atomic mass is 79.9. The summed E-state index contributed by atoms with van der Waals surface area (Å²) in [6.45, 7) is 2.12. The van der Waals surface area contributed by atoms with Crippen molar-refractivity contribution in [2.45, 2.75) is 18.3 Å². The maximum Gasteiger partial charge on any atom is 0.118 e. The van der Waals surface area contributed by atoms with Gasteiger partial charge in [-0.05, 0) is 54.3 Å². The standard InChI is InChI=1S/C18H20BrNO/c1-21-16-7-5-13(6-8-16)17-9-10-20-12-18(17)14-3-2-4-15(19)11-14/h2-8,11,17-18,20H,9-10,12H2,1H3. The number of benzene rings is 2. The molecule has 2 aromatic carbocycles. The van der Waals surface area contributed by atoms with Crippen LogP contribution in [0.25, 0.3) is 0 Å². The SMILES string of the molecule is COc1ccc(C2CCNCC2c2cccc(Br)c2)cc1. The van der Waals surface area contributed by atoms with Crippen LogP contribution in [0.1, 0.15) is 29.4 Å². The Labute approximate surface area is 134 Å². The number of nitrogens with one attached hydrogen (secondary N) is 1. The molecule has 2 unspecified atom stereocenters. The van der Waals surface area contributed by atoms with Crippen LogP contribution >= 0.6 is 15.9 Å². The maximum atomic E-state index is 5.27. The molecule has 2 atom stereocenters. The van der Waals surface area contributed by atoms with Crippen molar-refractivity contribution in [1.82, 2.24) is 5.32 Å². The van der Waals surface area contributed by atoms with E-state index in [1.54, 1.807) is 7.11 Å². The summed E-state index contributed by atoms with van der Waals surface area (Å²) in [5.41, 5.74) is 2.81. The van der Waals surface area contributed by atoms with Crippen molar-refractivity contribution in [3.63, 3.8) is 0 Å². The monoisotopic (exact) mass is 345 g/mol. The first-order valence-electron chi connectivity index (χ1n) is 7.38. The van der Waals surface area contributed by atoms with Gasteiger partial charge in [-0.2, -0.15) is 0 Å². The Morgan fingerprint density at radius 2 is 1.86 bits per heavy atom. The Morgan fingerprint density at radius 3 is 2.57 bits per heavy atom. The van der Waals surface area contributed by atoms with Gasteiger partial charge in [-0.15, -0.1) is 0 Å². The molecular formula is C18H20BrNO. The van der Waals surface area contributed by atoms with E-state index in [-0.39, 0.29) is 0 Å². The van der Waals surface area contributed by atoms with Crippen molar-refractivity contribution < 1.29 is 4.74 Å². The van der Waals surface area contributed by atoms with Gasteiger partial charge >= 0.3 is 0 Å². The number of rotatable bonds is 3. The number of hydrogen-bond donors (Lipinski definition) is 1. The minimum absolute atomic E-state index is 0.518. The molecule has 0 aromatic heterocycles.